The standard InChI is InChI=1S/C16H18BrN3O/c1-19-11-14(10-18-19)16(21)20-7-5-12(6-8-20)13-3-2-4-15(17)9-13/h2-4,9-12H,5-8H2,1H3. The molecule has 0 N–H and O–H groups in total. The molecule has 0 spiro atoms. The van der Waals surface area contributed by atoms with Crippen LogP contribution in [0.4, 0.5) is 0 Å². The summed E-state index contributed by atoms with van der Waals surface area (Å²) in [6.45, 7) is 1.62. The van der Waals surface area contributed by atoms with Crippen molar-refractivity contribution in [2.24, 2.45) is 7.05 Å². The van der Waals surface area contributed by atoms with Crippen LogP contribution in [0.1, 0.15) is 34.7 Å². The van der Waals surface area contributed by atoms with Crippen molar-refractivity contribution in [1.82, 2.24) is 14.7 Å². The number of aromatic nitrogens is 2. The molecule has 1 fully saturated rings. The lowest BCUT2D eigenvalue weighted by Gasteiger charge is -2.32. The Morgan fingerprint density at radius 3 is 2.71 bits per heavy atom. The molecule has 0 radical (unpaired) electrons. The SMILES string of the molecule is Cn1cc(C(=O)N2CCC(c3cccc(Br)c3)CC2)cn1. The molecule has 2 aromatic rings. The highest BCUT2D eigenvalue weighted by Gasteiger charge is 2.25. The van der Waals surface area contributed by atoms with Gasteiger partial charge in [0.1, 0.15) is 0 Å². The first-order valence-electron chi connectivity index (χ1n) is 7.17. The largest absolute Gasteiger partial charge is 0.339 e. The molecule has 21 heavy (non-hydrogen) atoms. The van der Waals surface area contributed by atoms with Gasteiger partial charge in [0, 0.05) is 30.8 Å². The smallest absolute Gasteiger partial charge is 0.257 e. The van der Waals surface area contributed by atoms with E-state index in [4.69, 9.17) is 0 Å². The lowest BCUT2D eigenvalue weighted by atomic mass is 9.89. The second-order valence-electron chi connectivity index (χ2n) is 5.52. The Kier molecular flexibility index (Phi) is 4.10. The summed E-state index contributed by atoms with van der Waals surface area (Å²) >= 11 is 3.52. The summed E-state index contributed by atoms with van der Waals surface area (Å²) in [7, 11) is 1.83. The zero-order valence-electron chi connectivity index (χ0n) is 12.0. The van der Waals surface area contributed by atoms with Gasteiger partial charge >= 0.3 is 0 Å². The quantitative estimate of drug-likeness (QED) is 0.836. The molecule has 4 nitrogen and oxygen atoms in total. The summed E-state index contributed by atoms with van der Waals surface area (Å²) < 4.78 is 2.79. The van der Waals surface area contributed by atoms with Gasteiger partial charge in [0.05, 0.1) is 11.8 Å². The molecule has 0 atom stereocenters. The number of hydrogen-bond acceptors (Lipinski definition) is 2. The van der Waals surface area contributed by atoms with Crippen molar-refractivity contribution in [3.63, 3.8) is 0 Å². The number of rotatable bonds is 2. The molecule has 2 heterocycles. The van der Waals surface area contributed by atoms with Crippen molar-refractivity contribution in [2.75, 3.05) is 13.1 Å². The molecule has 1 aliphatic heterocycles. The van der Waals surface area contributed by atoms with Crippen LogP contribution in [-0.4, -0.2) is 33.7 Å². The molecule has 1 aromatic heterocycles. The average molecular weight is 348 g/mol. The van der Waals surface area contributed by atoms with Gasteiger partial charge < -0.3 is 4.90 Å². The number of nitrogens with zero attached hydrogens (tertiary/aromatic N) is 3. The minimum absolute atomic E-state index is 0.0933. The number of aryl methyl sites for hydroxylation is 1. The first-order chi connectivity index (χ1) is 10.1. The van der Waals surface area contributed by atoms with E-state index in [1.807, 2.05) is 18.0 Å². The Morgan fingerprint density at radius 2 is 2.10 bits per heavy atom. The third-order valence-electron chi connectivity index (χ3n) is 4.05. The predicted molar refractivity (Wildman–Crippen MR) is 85.2 cm³/mol. The van der Waals surface area contributed by atoms with E-state index in [1.165, 1.54) is 5.56 Å². The Balaban J connectivity index is 1.64. The van der Waals surface area contributed by atoms with Gasteiger partial charge in [-0.2, -0.15) is 5.10 Å². The molecule has 1 aromatic carbocycles. The van der Waals surface area contributed by atoms with Crippen LogP contribution in [0.25, 0.3) is 0 Å². The van der Waals surface area contributed by atoms with E-state index in [2.05, 4.69) is 39.2 Å². The second kappa shape index (κ2) is 6.02. The first kappa shape index (κ1) is 14.3. The number of hydrogen-bond donors (Lipinski definition) is 0. The molecule has 1 aliphatic rings. The third-order valence-corrected chi connectivity index (χ3v) is 4.55. The Hall–Kier alpha value is -1.62. The summed E-state index contributed by atoms with van der Waals surface area (Å²) in [6, 6.07) is 8.48. The summed E-state index contributed by atoms with van der Waals surface area (Å²) in [4.78, 5) is 14.3. The summed E-state index contributed by atoms with van der Waals surface area (Å²) in [5.41, 5.74) is 2.04. The molecule has 1 saturated heterocycles. The number of halogens is 1. The van der Waals surface area contributed by atoms with Gasteiger partial charge in [-0.3, -0.25) is 9.48 Å². The fourth-order valence-corrected chi connectivity index (χ4v) is 3.31. The van der Waals surface area contributed by atoms with E-state index in [0.29, 0.717) is 11.5 Å². The van der Waals surface area contributed by atoms with Gasteiger partial charge in [-0.25, -0.2) is 0 Å². The van der Waals surface area contributed by atoms with Crippen molar-refractivity contribution < 1.29 is 4.79 Å². The Bertz CT molecular complexity index is 644. The fourth-order valence-electron chi connectivity index (χ4n) is 2.89. The molecule has 3 rings (SSSR count). The first-order valence-corrected chi connectivity index (χ1v) is 7.96. The maximum absolute atomic E-state index is 12.4. The average Bonchev–Trinajstić information content (AvgIpc) is 2.93. The van der Waals surface area contributed by atoms with E-state index >= 15 is 0 Å². The minimum atomic E-state index is 0.0933. The summed E-state index contributed by atoms with van der Waals surface area (Å²) in [5.74, 6) is 0.635. The van der Waals surface area contributed by atoms with Gasteiger partial charge in [-0.05, 0) is 36.5 Å². The zero-order chi connectivity index (χ0) is 14.8. The van der Waals surface area contributed by atoms with E-state index in [0.717, 1.165) is 30.4 Å². The number of carbonyl (C=O) groups excluding carboxylic acids is 1. The van der Waals surface area contributed by atoms with E-state index in [1.54, 1.807) is 17.1 Å². The van der Waals surface area contributed by atoms with Gasteiger partial charge in [-0.1, -0.05) is 28.1 Å². The highest BCUT2D eigenvalue weighted by atomic mass is 79.9. The van der Waals surface area contributed by atoms with E-state index < -0.39 is 0 Å². The molecular formula is C16H18BrN3O. The maximum atomic E-state index is 12.4. The van der Waals surface area contributed by atoms with E-state index in [9.17, 15) is 4.79 Å². The van der Waals surface area contributed by atoms with Crippen LogP contribution in [0.15, 0.2) is 41.1 Å². The molecular weight excluding hydrogens is 330 g/mol. The number of amides is 1. The van der Waals surface area contributed by atoms with Crippen LogP contribution in [0, 0.1) is 0 Å². The minimum Gasteiger partial charge on any atom is -0.339 e. The highest BCUT2D eigenvalue weighted by molar-refractivity contribution is 9.10. The third kappa shape index (κ3) is 3.18. The van der Waals surface area contributed by atoms with Gasteiger partial charge in [0.25, 0.3) is 5.91 Å². The van der Waals surface area contributed by atoms with Crippen LogP contribution in [0.5, 0.6) is 0 Å². The lowest BCUT2D eigenvalue weighted by molar-refractivity contribution is 0.0713. The van der Waals surface area contributed by atoms with Crippen LogP contribution in [-0.2, 0) is 7.05 Å². The number of likely N-dealkylation sites (tertiary alicyclic amines) is 1. The van der Waals surface area contributed by atoms with E-state index in [-0.39, 0.29) is 5.91 Å². The van der Waals surface area contributed by atoms with Crippen LogP contribution >= 0.6 is 15.9 Å². The van der Waals surface area contributed by atoms with Crippen molar-refractivity contribution in [3.05, 3.63) is 52.3 Å². The van der Waals surface area contributed by atoms with Gasteiger partial charge in [0.15, 0.2) is 0 Å². The number of benzene rings is 1. The normalized spacial score (nSPS) is 16.2. The number of carbonyl (C=O) groups is 1. The highest BCUT2D eigenvalue weighted by Crippen LogP contribution is 2.30. The van der Waals surface area contributed by atoms with Crippen molar-refractivity contribution in [2.45, 2.75) is 18.8 Å². The molecule has 0 bridgehead atoms. The summed E-state index contributed by atoms with van der Waals surface area (Å²) in [6.07, 6.45) is 5.45. The van der Waals surface area contributed by atoms with Crippen LogP contribution in [0.2, 0.25) is 0 Å². The van der Waals surface area contributed by atoms with Gasteiger partial charge in [-0.15, -0.1) is 0 Å². The molecule has 1 amide bonds. The second-order valence-corrected chi connectivity index (χ2v) is 6.44. The Labute approximate surface area is 132 Å². The molecule has 0 unspecified atom stereocenters. The molecule has 110 valence electrons. The lowest BCUT2D eigenvalue weighted by Crippen LogP contribution is -2.37. The number of piperidine rings is 1. The van der Waals surface area contributed by atoms with Crippen molar-refractivity contribution >= 4 is 21.8 Å². The maximum Gasteiger partial charge on any atom is 0.257 e. The molecule has 5 heteroatoms. The summed E-state index contributed by atoms with van der Waals surface area (Å²) in [5, 5.41) is 4.07. The monoisotopic (exact) mass is 347 g/mol. The van der Waals surface area contributed by atoms with Crippen molar-refractivity contribution in [1.29, 1.82) is 0 Å². The predicted octanol–water partition coefficient (Wildman–Crippen LogP) is 3.20. The topological polar surface area (TPSA) is 38.1 Å². The van der Waals surface area contributed by atoms with Crippen molar-refractivity contribution in [3.8, 4) is 0 Å². The molecule has 0 aliphatic carbocycles. The van der Waals surface area contributed by atoms with Crippen LogP contribution in [0.3, 0.4) is 0 Å². The van der Waals surface area contributed by atoms with Gasteiger partial charge in [0.2, 0.25) is 0 Å². The Morgan fingerprint density at radius 1 is 1.33 bits per heavy atom. The fraction of sp³-hybridized carbons (Fsp3) is 0.375. The molecule has 0 saturated carbocycles. The van der Waals surface area contributed by atoms with Crippen LogP contribution < -0.4 is 0 Å². The zero-order valence-corrected chi connectivity index (χ0v) is 13.6.